The highest BCUT2D eigenvalue weighted by atomic mass is 16.6. The standard InChI is InChI=1S/C133H122O8/c1-13-131(14-2)117-59-81(85-29-43-109-107-41-27-83(61-119(107)132(121(109)63-85,75-136-69-97-73-140-97)49-15-51-134-67-95-71-138-95)79-23-37-101-103-45-31-87(65-115(103)129(9,10)113(101)57-79)99-35-21-77-17-19-89-53-93(127(3,4)5)55-91-33-47-111(99)125(77)123(89)91)25-39-105(117)106-40-26-82(60-118(106)131)86-30-44-110-108-42-28-84(62-120(108)133(122(110)64-86,76-137-70-98-74-141-98)50-16-52-135-68-96-72-139-96)80-24-38-102-104-46-32-88(66-116(104)130(11,12)114(102)58-80)100-36-22-78-18-20-90-54-94(128(6,7)8)56-92-34-48-112(100)126(78)124(90)92/h17-48,53-66,95-98H,13-16,49-52,67-76H2,1-12H3. The third-order valence-corrected chi connectivity index (χ3v) is 34.8. The van der Waals surface area contributed by atoms with Gasteiger partial charge in [-0.25, -0.2) is 0 Å². The van der Waals surface area contributed by atoms with Crippen LogP contribution in [-0.2, 0) is 75.8 Å². The van der Waals surface area contributed by atoms with E-state index in [1.165, 1.54) is 254 Å². The predicted octanol–water partition coefficient (Wildman–Crippen LogP) is 31.5. The van der Waals surface area contributed by atoms with Crippen LogP contribution in [0.2, 0.25) is 0 Å². The molecular weight excluding hydrogens is 1730 g/mol. The van der Waals surface area contributed by atoms with Gasteiger partial charge in [0.1, 0.15) is 24.4 Å². The number of rotatable bonds is 28. The summed E-state index contributed by atoms with van der Waals surface area (Å²) in [6, 6.07) is 111. The van der Waals surface area contributed by atoms with Crippen LogP contribution in [-0.4, -0.2) is 104 Å². The van der Waals surface area contributed by atoms with Crippen LogP contribution >= 0.6 is 0 Å². The van der Waals surface area contributed by atoms with Gasteiger partial charge in [-0.1, -0.05) is 301 Å². The number of hydrogen-bond donors (Lipinski definition) is 0. The molecule has 27 rings (SSSR count). The first-order valence-electron chi connectivity index (χ1n) is 52.1. The molecule has 0 bridgehead atoms. The van der Waals surface area contributed by atoms with Crippen LogP contribution in [0.4, 0.5) is 0 Å². The van der Waals surface area contributed by atoms with Gasteiger partial charge in [-0.3, -0.25) is 0 Å². The molecule has 4 fully saturated rings. The molecule has 0 N–H and O–H groups in total. The van der Waals surface area contributed by atoms with E-state index in [0.717, 1.165) is 65.0 Å². The zero-order valence-corrected chi connectivity index (χ0v) is 83.4. The lowest BCUT2D eigenvalue weighted by Gasteiger charge is -2.33. The van der Waals surface area contributed by atoms with Gasteiger partial charge in [0.15, 0.2) is 0 Å². The molecule has 8 nitrogen and oxygen atoms in total. The van der Waals surface area contributed by atoms with Crippen molar-refractivity contribution in [1.29, 1.82) is 0 Å². The van der Waals surface area contributed by atoms with Gasteiger partial charge in [0.25, 0.3) is 0 Å². The number of benzene rings is 18. The van der Waals surface area contributed by atoms with Gasteiger partial charge in [-0.2, -0.15) is 0 Å². The molecule has 4 aliphatic heterocycles. The van der Waals surface area contributed by atoms with Crippen LogP contribution in [0.3, 0.4) is 0 Å². The lowest BCUT2D eigenvalue weighted by molar-refractivity contribution is 0.0713. The Hall–Kier alpha value is -12.3. The Morgan fingerprint density at radius 3 is 0.752 bits per heavy atom. The van der Waals surface area contributed by atoms with Crippen molar-refractivity contribution in [2.75, 3.05) is 79.3 Å². The highest BCUT2D eigenvalue weighted by Gasteiger charge is 2.49. The molecular formula is C133H122O8. The summed E-state index contributed by atoms with van der Waals surface area (Å²) in [6.07, 6.45) is 5.93. The summed E-state index contributed by atoms with van der Waals surface area (Å²) < 4.78 is 50.1. The maximum Gasteiger partial charge on any atom is 0.104 e. The van der Waals surface area contributed by atoms with Crippen LogP contribution in [0.25, 0.3) is 187 Å². The predicted molar refractivity (Wildman–Crippen MR) is 579 cm³/mol. The molecule has 6 unspecified atom stereocenters. The Labute approximate surface area is 828 Å². The van der Waals surface area contributed by atoms with Gasteiger partial charge in [0.2, 0.25) is 0 Å². The Bertz CT molecular complexity index is 7710. The van der Waals surface area contributed by atoms with E-state index in [9.17, 15) is 0 Å². The smallest absolute Gasteiger partial charge is 0.104 e. The van der Waals surface area contributed by atoms with Gasteiger partial charge in [0, 0.05) is 40.3 Å². The molecule has 141 heavy (non-hydrogen) atoms. The summed E-state index contributed by atoms with van der Waals surface area (Å²) in [7, 11) is 0. The van der Waals surface area contributed by atoms with Crippen molar-refractivity contribution < 1.29 is 37.9 Å². The van der Waals surface area contributed by atoms with Crippen molar-refractivity contribution in [3.63, 3.8) is 0 Å². The van der Waals surface area contributed by atoms with Crippen molar-refractivity contribution in [2.24, 2.45) is 0 Å². The van der Waals surface area contributed by atoms with E-state index in [4.69, 9.17) is 37.9 Å². The topological polar surface area (TPSA) is 87.0 Å². The highest BCUT2D eigenvalue weighted by Crippen LogP contribution is 2.62. The zero-order valence-electron chi connectivity index (χ0n) is 83.4. The fraction of sp³-hybridized carbons (Fsp3) is 0.308. The molecule has 0 aromatic heterocycles. The van der Waals surface area contributed by atoms with Crippen molar-refractivity contribution >= 4 is 64.6 Å². The summed E-state index contributed by atoms with van der Waals surface area (Å²) in [5.74, 6) is 0. The van der Waals surface area contributed by atoms with Crippen LogP contribution in [0, 0.1) is 0 Å². The molecule has 8 heteroatoms. The maximum atomic E-state index is 7.06. The van der Waals surface area contributed by atoms with Crippen molar-refractivity contribution in [3.8, 4) is 122 Å². The van der Waals surface area contributed by atoms with Crippen molar-refractivity contribution in [2.45, 2.75) is 184 Å². The maximum absolute atomic E-state index is 7.06. The molecule has 4 saturated heterocycles. The Balaban J connectivity index is 0.504. The minimum atomic E-state index is -0.495. The Morgan fingerprint density at radius 2 is 0.475 bits per heavy atom. The second-order valence-electron chi connectivity index (χ2n) is 45.9. The summed E-state index contributed by atoms with van der Waals surface area (Å²) in [4.78, 5) is 0. The van der Waals surface area contributed by atoms with Gasteiger partial charge < -0.3 is 37.9 Å². The van der Waals surface area contributed by atoms with E-state index in [1.54, 1.807) is 0 Å². The first-order valence-corrected chi connectivity index (χ1v) is 52.1. The SMILES string of the molecule is CCC1(CC)c2cc(-c3ccc4c(c3)C(CCCOCC3CO3)(COCC3CO3)c3cc(-c5ccc6c(c5)C(C)(C)c5cc(-c7ccc8ccc9cc(C(C)(C)C)cc%10ccc7c8c9%10)ccc5-6)ccc3-4)ccc2-c2ccc(-c3ccc4c(c3)C(CCCOCC3CO3)(COCC3CO3)c3cc(-c5ccc6c(c5)C(C)(C)c5cc(-c7ccc8ccc9cc(C(C)(C)C)cc%10ccc7c8c9%10)ccc5-6)ccc3-4)cc21. The Morgan fingerprint density at radius 1 is 0.248 bits per heavy atom. The van der Waals surface area contributed by atoms with Gasteiger partial charge in [-0.05, 0) is 364 Å². The fourth-order valence-electron chi connectivity index (χ4n) is 26.5. The van der Waals surface area contributed by atoms with E-state index in [0.29, 0.717) is 52.9 Å². The second kappa shape index (κ2) is 32.4. The van der Waals surface area contributed by atoms with E-state index in [2.05, 4.69) is 362 Å². The van der Waals surface area contributed by atoms with E-state index in [-0.39, 0.29) is 51.5 Å². The largest absolute Gasteiger partial charge is 0.379 e. The average molecular weight is 1850 g/mol. The molecule has 0 amide bonds. The monoisotopic (exact) mass is 1850 g/mol. The third kappa shape index (κ3) is 14.1. The highest BCUT2D eigenvalue weighted by molar-refractivity contribution is 6.27. The summed E-state index contributed by atoms with van der Waals surface area (Å²) in [6.45, 7) is 36.1. The summed E-state index contributed by atoms with van der Waals surface area (Å²) >= 11 is 0. The molecule has 5 aliphatic carbocycles. The minimum Gasteiger partial charge on any atom is -0.379 e. The normalized spacial score (nSPS) is 20.1. The second-order valence-corrected chi connectivity index (χ2v) is 45.9. The molecule has 6 atom stereocenters. The Kier molecular flexibility index (Phi) is 20.1. The zero-order chi connectivity index (χ0) is 95.3. The summed E-state index contributed by atoms with van der Waals surface area (Å²) in [5.41, 5.74) is 42.5. The van der Waals surface area contributed by atoms with Crippen LogP contribution < -0.4 is 0 Å². The van der Waals surface area contributed by atoms with Gasteiger partial charge >= 0.3 is 0 Å². The molecule has 0 spiro atoms. The van der Waals surface area contributed by atoms with Gasteiger partial charge in [0.05, 0.1) is 66.1 Å². The molecule has 18 aromatic carbocycles. The van der Waals surface area contributed by atoms with Crippen LogP contribution in [0.15, 0.2) is 279 Å². The summed E-state index contributed by atoms with van der Waals surface area (Å²) in [5, 5.41) is 15.9. The van der Waals surface area contributed by atoms with Gasteiger partial charge in [-0.15, -0.1) is 0 Å². The molecule has 18 aromatic rings. The quantitative estimate of drug-likeness (QED) is 0.0272. The van der Waals surface area contributed by atoms with Crippen molar-refractivity contribution in [3.05, 3.63) is 346 Å². The van der Waals surface area contributed by atoms with Crippen LogP contribution in [0.1, 0.15) is 188 Å². The lowest BCUT2D eigenvalue weighted by Crippen LogP contribution is -2.32. The molecule has 9 aliphatic rings. The van der Waals surface area contributed by atoms with Crippen molar-refractivity contribution in [1.82, 2.24) is 0 Å². The number of ether oxygens (including phenoxy) is 8. The average Bonchev–Trinajstić information content (AvgIpc) is 1.62. The van der Waals surface area contributed by atoms with E-state index < -0.39 is 10.8 Å². The molecule has 0 saturated carbocycles. The first-order chi connectivity index (χ1) is 68.4. The number of epoxide rings is 4. The van der Waals surface area contributed by atoms with E-state index >= 15 is 0 Å². The lowest BCUT2D eigenvalue weighted by atomic mass is 9.72. The molecule has 4 heterocycles. The molecule has 702 valence electrons. The van der Waals surface area contributed by atoms with E-state index in [1.807, 2.05) is 0 Å². The third-order valence-electron chi connectivity index (χ3n) is 34.8. The minimum absolute atomic E-state index is 0.0527. The first kappa shape index (κ1) is 87.7. The van der Waals surface area contributed by atoms with Crippen LogP contribution in [0.5, 0.6) is 0 Å². The number of hydrogen-bond acceptors (Lipinski definition) is 8. The fourth-order valence-corrected chi connectivity index (χ4v) is 26.5. The molecule has 0 radical (unpaired) electrons. The number of fused-ring (bicyclic) bond motifs is 15.